The number of hydrogen-bond donors (Lipinski definition) is 2. The maximum Gasteiger partial charge on any atom is 0.336 e. The molecule has 1 aromatic rings. The first-order valence-electron chi connectivity index (χ1n) is 4.54. The van der Waals surface area contributed by atoms with E-state index in [0.29, 0.717) is 6.42 Å². The first-order chi connectivity index (χ1) is 7.07. The Morgan fingerprint density at radius 2 is 2.27 bits per heavy atom. The molecule has 1 aromatic heterocycles. The van der Waals surface area contributed by atoms with Gasteiger partial charge in [0.2, 0.25) is 16.0 Å². The number of aromatic nitrogens is 3. The Balaban J connectivity index is 2.60. The molecule has 8 heteroatoms. The van der Waals surface area contributed by atoms with Gasteiger partial charge in [0.25, 0.3) is 0 Å². The van der Waals surface area contributed by atoms with Crippen LogP contribution in [-0.4, -0.2) is 36.5 Å². The largest absolute Gasteiger partial charge is 0.466 e. The van der Waals surface area contributed by atoms with E-state index in [9.17, 15) is 8.42 Å². The number of nitrogens with one attached hydrogen (secondary N) is 2. The second kappa shape index (κ2) is 4.96. The normalized spacial score (nSPS) is 11.3. The number of sulfonamides is 1. The molecule has 15 heavy (non-hydrogen) atoms. The van der Waals surface area contributed by atoms with Gasteiger partial charge in [0.1, 0.15) is 0 Å². The molecule has 0 spiro atoms. The summed E-state index contributed by atoms with van der Waals surface area (Å²) in [5.41, 5.74) is 0. The van der Waals surface area contributed by atoms with Gasteiger partial charge in [-0.15, -0.1) is 5.10 Å². The molecule has 0 aliphatic heterocycles. The predicted molar refractivity (Wildman–Crippen MR) is 55.3 cm³/mol. The molecule has 0 aliphatic carbocycles. The van der Waals surface area contributed by atoms with E-state index in [1.165, 1.54) is 7.11 Å². The summed E-state index contributed by atoms with van der Waals surface area (Å²) in [6.07, 6.45) is 1.43. The van der Waals surface area contributed by atoms with E-state index in [4.69, 9.17) is 4.74 Å². The van der Waals surface area contributed by atoms with E-state index in [1.807, 2.05) is 6.92 Å². The fourth-order valence-electron chi connectivity index (χ4n) is 0.916. The van der Waals surface area contributed by atoms with Crippen LogP contribution in [0.5, 0.6) is 6.01 Å². The lowest BCUT2D eigenvalue weighted by Crippen LogP contribution is -2.17. The Kier molecular flexibility index (Phi) is 3.89. The number of unbranched alkanes of at least 4 members (excludes halogenated alkanes) is 1. The molecule has 0 amide bonds. The third-order valence-electron chi connectivity index (χ3n) is 1.67. The molecule has 0 fully saturated rings. The summed E-state index contributed by atoms with van der Waals surface area (Å²) < 4.78 is 29.8. The third kappa shape index (κ3) is 3.74. The van der Waals surface area contributed by atoms with Gasteiger partial charge in [-0.25, -0.2) is 13.5 Å². The molecule has 0 radical (unpaired) electrons. The van der Waals surface area contributed by atoms with Gasteiger partial charge in [-0.2, -0.15) is 4.98 Å². The summed E-state index contributed by atoms with van der Waals surface area (Å²) in [6, 6.07) is 0.100. The highest BCUT2D eigenvalue weighted by molar-refractivity contribution is 7.92. The summed E-state index contributed by atoms with van der Waals surface area (Å²) in [7, 11) is -1.93. The monoisotopic (exact) mass is 234 g/mol. The lowest BCUT2D eigenvalue weighted by Gasteiger charge is -2.02. The first-order valence-corrected chi connectivity index (χ1v) is 6.19. The van der Waals surface area contributed by atoms with Crippen molar-refractivity contribution < 1.29 is 13.2 Å². The summed E-state index contributed by atoms with van der Waals surface area (Å²) in [5.74, 6) is 0.148. The summed E-state index contributed by atoms with van der Waals surface area (Å²) in [5, 5.41) is 6.03. The first kappa shape index (κ1) is 11.8. The molecule has 0 atom stereocenters. The Morgan fingerprint density at radius 3 is 2.80 bits per heavy atom. The van der Waals surface area contributed by atoms with Crippen LogP contribution in [0.2, 0.25) is 0 Å². The molecule has 0 aliphatic rings. The molecule has 1 heterocycles. The maximum absolute atomic E-state index is 11.4. The second-order valence-electron chi connectivity index (χ2n) is 2.95. The summed E-state index contributed by atoms with van der Waals surface area (Å²) in [6.45, 7) is 1.92. The van der Waals surface area contributed by atoms with Gasteiger partial charge in [0, 0.05) is 0 Å². The quantitative estimate of drug-likeness (QED) is 0.740. The van der Waals surface area contributed by atoms with Crippen molar-refractivity contribution in [1.29, 1.82) is 0 Å². The van der Waals surface area contributed by atoms with Crippen LogP contribution in [0.4, 0.5) is 5.95 Å². The van der Waals surface area contributed by atoms with Gasteiger partial charge in [-0.05, 0) is 6.42 Å². The number of ether oxygens (including phenoxy) is 1. The molecule has 7 nitrogen and oxygen atoms in total. The molecule has 2 N–H and O–H groups in total. The number of methoxy groups -OCH3 is 1. The molecule has 86 valence electrons. The van der Waals surface area contributed by atoms with Crippen LogP contribution >= 0.6 is 0 Å². The summed E-state index contributed by atoms with van der Waals surface area (Å²) in [4.78, 5) is 3.74. The SMILES string of the molecule is CCCCS(=O)(=O)Nc1nc(OC)n[nH]1. The Morgan fingerprint density at radius 1 is 1.53 bits per heavy atom. The zero-order valence-electron chi connectivity index (χ0n) is 8.65. The van der Waals surface area contributed by atoms with Crippen LogP contribution in [0.3, 0.4) is 0 Å². The van der Waals surface area contributed by atoms with Gasteiger partial charge >= 0.3 is 6.01 Å². The summed E-state index contributed by atoms with van der Waals surface area (Å²) >= 11 is 0. The standard InChI is InChI=1S/C7H14N4O3S/c1-3-4-5-15(12,13)11-6-8-7(14-2)10-9-6/h3-5H2,1-2H3,(H2,8,9,10,11). The maximum atomic E-state index is 11.4. The van der Waals surface area contributed by atoms with Crippen molar-refractivity contribution >= 4 is 16.0 Å². The van der Waals surface area contributed by atoms with Gasteiger partial charge < -0.3 is 4.74 Å². The highest BCUT2D eigenvalue weighted by Gasteiger charge is 2.12. The van der Waals surface area contributed by atoms with E-state index in [0.717, 1.165) is 6.42 Å². The van der Waals surface area contributed by atoms with Crippen molar-refractivity contribution in [2.45, 2.75) is 19.8 Å². The van der Waals surface area contributed by atoms with Gasteiger partial charge in [0.15, 0.2) is 0 Å². The minimum atomic E-state index is -3.33. The molecule has 0 aromatic carbocycles. The zero-order valence-corrected chi connectivity index (χ0v) is 9.47. The fourth-order valence-corrected chi connectivity index (χ4v) is 2.07. The number of H-pyrrole nitrogens is 1. The van der Waals surface area contributed by atoms with Crippen LogP contribution in [0.25, 0.3) is 0 Å². The molecule has 0 bridgehead atoms. The van der Waals surface area contributed by atoms with Gasteiger partial charge in [0.05, 0.1) is 12.9 Å². The van der Waals surface area contributed by atoms with E-state index < -0.39 is 10.0 Å². The highest BCUT2D eigenvalue weighted by Crippen LogP contribution is 2.07. The number of anilines is 1. The van der Waals surface area contributed by atoms with Gasteiger partial charge in [-0.3, -0.25) is 4.72 Å². The minimum Gasteiger partial charge on any atom is -0.466 e. The molecule has 0 saturated carbocycles. The van der Waals surface area contributed by atoms with E-state index in [1.54, 1.807) is 0 Å². The number of hydrogen-bond acceptors (Lipinski definition) is 5. The van der Waals surface area contributed by atoms with Crippen molar-refractivity contribution in [2.24, 2.45) is 0 Å². The lowest BCUT2D eigenvalue weighted by atomic mass is 10.4. The Hall–Kier alpha value is -1.31. The molecule has 0 unspecified atom stereocenters. The molecular weight excluding hydrogens is 220 g/mol. The van der Waals surface area contributed by atoms with Crippen molar-refractivity contribution in [1.82, 2.24) is 15.2 Å². The minimum absolute atomic E-state index is 0.0722. The Labute approximate surface area is 88.3 Å². The molecule has 1 rings (SSSR count). The number of rotatable bonds is 6. The topological polar surface area (TPSA) is 97.0 Å². The molecular formula is C7H14N4O3S. The fraction of sp³-hybridized carbons (Fsp3) is 0.714. The van der Waals surface area contributed by atoms with Crippen LogP contribution in [0.15, 0.2) is 0 Å². The van der Waals surface area contributed by atoms with Crippen molar-refractivity contribution in [3.05, 3.63) is 0 Å². The Bertz CT molecular complexity index is 400. The van der Waals surface area contributed by atoms with Gasteiger partial charge in [-0.1, -0.05) is 13.3 Å². The van der Waals surface area contributed by atoms with Crippen LogP contribution in [0, 0.1) is 0 Å². The number of aromatic amines is 1. The smallest absolute Gasteiger partial charge is 0.336 e. The van der Waals surface area contributed by atoms with E-state index in [2.05, 4.69) is 19.9 Å². The predicted octanol–water partition coefficient (Wildman–Crippen LogP) is 0.355. The van der Waals surface area contributed by atoms with Crippen molar-refractivity contribution in [2.75, 3.05) is 17.6 Å². The van der Waals surface area contributed by atoms with Crippen LogP contribution < -0.4 is 9.46 Å². The molecule has 0 saturated heterocycles. The lowest BCUT2D eigenvalue weighted by molar-refractivity contribution is 0.382. The third-order valence-corrected chi connectivity index (χ3v) is 3.00. The van der Waals surface area contributed by atoms with E-state index >= 15 is 0 Å². The average molecular weight is 234 g/mol. The number of nitrogens with zero attached hydrogens (tertiary/aromatic N) is 2. The van der Waals surface area contributed by atoms with Crippen LogP contribution in [0.1, 0.15) is 19.8 Å². The van der Waals surface area contributed by atoms with Crippen molar-refractivity contribution in [3.8, 4) is 6.01 Å². The average Bonchev–Trinajstić information content (AvgIpc) is 2.62. The van der Waals surface area contributed by atoms with Crippen molar-refractivity contribution in [3.63, 3.8) is 0 Å². The van der Waals surface area contributed by atoms with E-state index in [-0.39, 0.29) is 17.7 Å². The second-order valence-corrected chi connectivity index (χ2v) is 4.79. The van der Waals surface area contributed by atoms with Crippen LogP contribution in [-0.2, 0) is 10.0 Å². The zero-order chi connectivity index (χ0) is 11.3. The highest BCUT2D eigenvalue weighted by atomic mass is 32.2.